The number of rotatable bonds is 1. The van der Waals surface area contributed by atoms with Gasteiger partial charge in [0.2, 0.25) is 0 Å². The molecule has 0 aliphatic carbocycles. The molecule has 2 aromatic rings. The van der Waals surface area contributed by atoms with Crippen LogP contribution < -0.4 is 5.56 Å². The molecule has 1 aromatic heterocycles. The quantitative estimate of drug-likeness (QED) is 0.876. The zero-order valence-electron chi connectivity index (χ0n) is 10.6. The fourth-order valence-corrected chi connectivity index (χ4v) is 2.47. The van der Waals surface area contributed by atoms with Gasteiger partial charge in [-0.3, -0.25) is 4.79 Å². The number of benzene rings is 1. The fraction of sp³-hybridized carbons (Fsp3) is 0.286. The Kier molecular flexibility index (Phi) is 3.39. The average molecular weight is 307 g/mol. The summed E-state index contributed by atoms with van der Waals surface area (Å²) in [7, 11) is 0. The van der Waals surface area contributed by atoms with Gasteiger partial charge in [0.15, 0.2) is 0 Å². The summed E-state index contributed by atoms with van der Waals surface area (Å²) in [6, 6.07) is 9.64. The van der Waals surface area contributed by atoms with Crippen molar-refractivity contribution in [3.8, 4) is 11.4 Å². The van der Waals surface area contributed by atoms with Gasteiger partial charge in [-0.25, -0.2) is 4.98 Å². The Morgan fingerprint density at radius 1 is 1.17 bits per heavy atom. The van der Waals surface area contributed by atoms with E-state index in [4.69, 9.17) is 0 Å². The number of H-pyrrole nitrogens is 1. The minimum Gasteiger partial charge on any atom is -0.306 e. The van der Waals surface area contributed by atoms with E-state index < -0.39 is 0 Å². The second-order valence-corrected chi connectivity index (χ2v) is 5.99. The van der Waals surface area contributed by atoms with Crippen LogP contribution in [0.15, 0.2) is 39.6 Å². The molecule has 4 heteroatoms. The summed E-state index contributed by atoms with van der Waals surface area (Å²) >= 11 is 3.32. The minimum absolute atomic E-state index is 0.145. The number of hydrogen-bond acceptors (Lipinski definition) is 2. The molecular weight excluding hydrogens is 292 g/mol. The van der Waals surface area contributed by atoms with Crippen molar-refractivity contribution in [2.45, 2.75) is 26.2 Å². The van der Waals surface area contributed by atoms with Gasteiger partial charge in [-0.1, -0.05) is 51.1 Å². The van der Waals surface area contributed by atoms with E-state index in [1.165, 1.54) is 0 Å². The summed E-state index contributed by atoms with van der Waals surface area (Å²) in [5.74, 6) is 0.605. The van der Waals surface area contributed by atoms with E-state index in [-0.39, 0.29) is 11.0 Å². The van der Waals surface area contributed by atoms with Gasteiger partial charge in [0.25, 0.3) is 5.56 Å². The van der Waals surface area contributed by atoms with Gasteiger partial charge in [-0.15, -0.1) is 0 Å². The SMILES string of the molecule is CC(C)(C)c1nc(-c2ccccc2)[nH]c(=O)c1Br. The van der Waals surface area contributed by atoms with Crippen molar-refractivity contribution in [2.75, 3.05) is 0 Å². The van der Waals surface area contributed by atoms with E-state index in [0.717, 1.165) is 11.3 Å². The maximum atomic E-state index is 11.9. The molecule has 18 heavy (non-hydrogen) atoms. The summed E-state index contributed by atoms with van der Waals surface area (Å²) in [6.45, 7) is 6.11. The first-order valence-electron chi connectivity index (χ1n) is 5.75. The van der Waals surface area contributed by atoms with Crippen molar-refractivity contribution >= 4 is 15.9 Å². The first-order chi connectivity index (χ1) is 8.39. The highest BCUT2D eigenvalue weighted by Gasteiger charge is 2.22. The summed E-state index contributed by atoms with van der Waals surface area (Å²) in [4.78, 5) is 19.3. The van der Waals surface area contributed by atoms with Crippen LogP contribution in [0.4, 0.5) is 0 Å². The molecule has 0 fully saturated rings. The van der Waals surface area contributed by atoms with Crippen LogP contribution in [0.3, 0.4) is 0 Å². The van der Waals surface area contributed by atoms with Gasteiger partial charge >= 0.3 is 0 Å². The zero-order chi connectivity index (χ0) is 13.3. The lowest BCUT2D eigenvalue weighted by Gasteiger charge is -2.19. The van der Waals surface area contributed by atoms with E-state index >= 15 is 0 Å². The van der Waals surface area contributed by atoms with Crippen molar-refractivity contribution in [3.05, 3.63) is 50.9 Å². The van der Waals surface area contributed by atoms with Crippen LogP contribution in [-0.2, 0) is 5.41 Å². The van der Waals surface area contributed by atoms with Crippen LogP contribution in [-0.4, -0.2) is 9.97 Å². The number of aromatic nitrogens is 2. The van der Waals surface area contributed by atoms with E-state index in [1.54, 1.807) is 0 Å². The van der Waals surface area contributed by atoms with Crippen LogP contribution >= 0.6 is 15.9 Å². The lowest BCUT2D eigenvalue weighted by atomic mass is 9.92. The smallest absolute Gasteiger partial charge is 0.265 e. The van der Waals surface area contributed by atoms with Crippen LogP contribution in [0.5, 0.6) is 0 Å². The first-order valence-corrected chi connectivity index (χ1v) is 6.54. The van der Waals surface area contributed by atoms with Crippen LogP contribution in [0.1, 0.15) is 26.5 Å². The Balaban J connectivity index is 2.66. The molecule has 0 unspecified atom stereocenters. The Morgan fingerprint density at radius 3 is 2.33 bits per heavy atom. The number of halogens is 1. The molecule has 94 valence electrons. The molecular formula is C14H15BrN2O. The predicted molar refractivity (Wildman–Crippen MR) is 76.7 cm³/mol. The highest BCUT2D eigenvalue weighted by molar-refractivity contribution is 9.10. The van der Waals surface area contributed by atoms with E-state index in [2.05, 4.69) is 25.9 Å². The molecule has 0 amide bonds. The molecule has 1 N–H and O–H groups in total. The molecule has 2 rings (SSSR count). The number of hydrogen-bond donors (Lipinski definition) is 1. The molecule has 0 aliphatic rings. The topological polar surface area (TPSA) is 45.8 Å². The second-order valence-electron chi connectivity index (χ2n) is 5.19. The molecule has 0 spiro atoms. The second kappa shape index (κ2) is 4.69. The van der Waals surface area contributed by atoms with Crippen LogP contribution in [0, 0.1) is 0 Å². The maximum absolute atomic E-state index is 11.9. The van der Waals surface area contributed by atoms with Crippen molar-refractivity contribution in [3.63, 3.8) is 0 Å². The Bertz CT molecular complexity index is 612. The molecule has 1 aromatic carbocycles. The average Bonchev–Trinajstić information content (AvgIpc) is 2.32. The summed E-state index contributed by atoms with van der Waals surface area (Å²) < 4.78 is 0.509. The van der Waals surface area contributed by atoms with Gasteiger partial charge in [-0.05, 0) is 15.9 Å². The predicted octanol–water partition coefficient (Wildman–Crippen LogP) is 3.50. The minimum atomic E-state index is -0.184. The molecule has 0 radical (unpaired) electrons. The van der Waals surface area contributed by atoms with Crippen molar-refractivity contribution in [1.82, 2.24) is 9.97 Å². The Morgan fingerprint density at radius 2 is 1.78 bits per heavy atom. The fourth-order valence-electron chi connectivity index (χ4n) is 1.69. The van der Waals surface area contributed by atoms with Gasteiger partial charge in [0, 0.05) is 11.0 Å². The normalized spacial score (nSPS) is 11.6. The molecule has 0 saturated heterocycles. The largest absolute Gasteiger partial charge is 0.306 e. The van der Waals surface area contributed by atoms with Gasteiger partial charge in [-0.2, -0.15) is 0 Å². The molecule has 3 nitrogen and oxygen atoms in total. The summed E-state index contributed by atoms with van der Waals surface area (Å²) in [5, 5.41) is 0. The monoisotopic (exact) mass is 306 g/mol. The molecule has 0 saturated carbocycles. The third-order valence-corrected chi connectivity index (χ3v) is 3.36. The van der Waals surface area contributed by atoms with Gasteiger partial charge < -0.3 is 4.98 Å². The van der Waals surface area contributed by atoms with Crippen molar-refractivity contribution in [2.24, 2.45) is 0 Å². The molecule has 0 atom stereocenters. The highest BCUT2D eigenvalue weighted by atomic mass is 79.9. The molecule has 0 bridgehead atoms. The standard InChI is InChI=1S/C14H15BrN2O/c1-14(2,3)11-10(15)13(18)17-12(16-11)9-7-5-4-6-8-9/h4-8H,1-3H3,(H,16,17,18). The first kappa shape index (κ1) is 13.0. The number of aromatic amines is 1. The highest BCUT2D eigenvalue weighted by Crippen LogP contribution is 2.27. The molecule has 1 heterocycles. The zero-order valence-corrected chi connectivity index (χ0v) is 12.2. The van der Waals surface area contributed by atoms with Gasteiger partial charge in [0.05, 0.1) is 5.69 Å². The van der Waals surface area contributed by atoms with Crippen molar-refractivity contribution in [1.29, 1.82) is 0 Å². The lowest BCUT2D eigenvalue weighted by molar-refractivity contribution is 0.562. The Labute approximate surface area is 114 Å². The lowest BCUT2D eigenvalue weighted by Crippen LogP contribution is -2.22. The number of nitrogens with one attached hydrogen (secondary N) is 1. The van der Waals surface area contributed by atoms with E-state index in [1.807, 2.05) is 51.1 Å². The Hall–Kier alpha value is -1.42. The summed E-state index contributed by atoms with van der Waals surface area (Å²) in [6.07, 6.45) is 0. The van der Waals surface area contributed by atoms with Crippen molar-refractivity contribution < 1.29 is 0 Å². The van der Waals surface area contributed by atoms with Gasteiger partial charge in [0.1, 0.15) is 10.3 Å². The maximum Gasteiger partial charge on any atom is 0.265 e. The van der Waals surface area contributed by atoms with E-state index in [0.29, 0.717) is 10.3 Å². The third kappa shape index (κ3) is 2.53. The van der Waals surface area contributed by atoms with Crippen LogP contribution in [0.2, 0.25) is 0 Å². The third-order valence-electron chi connectivity index (χ3n) is 2.62. The van der Waals surface area contributed by atoms with E-state index in [9.17, 15) is 4.79 Å². The van der Waals surface area contributed by atoms with Crippen LogP contribution in [0.25, 0.3) is 11.4 Å². The summed E-state index contributed by atoms with van der Waals surface area (Å²) in [5.41, 5.74) is 1.35. The molecule has 0 aliphatic heterocycles. The number of nitrogens with zero attached hydrogens (tertiary/aromatic N) is 1.